The van der Waals surface area contributed by atoms with Crippen molar-refractivity contribution in [2.24, 2.45) is 5.41 Å². The zero-order valence-electron chi connectivity index (χ0n) is 21.2. The highest BCUT2D eigenvalue weighted by Gasteiger charge is 2.48. The topological polar surface area (TPSA) is 136 Å². The second-order valence-electron chi connectivity index (χ2n) is 9.34. The van der Waals surface area contributed by atoms with E-state index in [0.29, 0.717) is 26.9 Å². The Kier molecular flexibility index (Phi) is 10.0. The molecule has 3 rings (SSSR count). The Morgan fingerprint density at radius 2 is 1.58 bits per heavy atom. The number of hydrogen-bond acceptors (Lipinski definition) is 6. The number of likely N-dealkylation sites (tertiary alicyclic amines) is 1. The summed E-state index contributed by atoms with van der Waals surface area (Å²) in [6, 6.07) is 10.6. The summed E-state index contributed by atoms with van der Waals surface area (Å²) in [6.07, 6.45) is -1.94. The lowest BCUT2D eigenvalue weighted by Crippen LogP contribution is -2.55. The van der Waals surface area contributed by atoms with E-state index in [1.807, 2.05) is 0 Å². The van der Waals surface area contributed by atoms with Crippen molar-refractivity contribution in [1.29, 1.82) is 0 Å². The zero-order valence-corrected chi connectivity index (χ0v) is 22.7. The maximum absolute atomic E-state index is 13.3. The lowest BCUT2D eigenvalue weighted by Gasteiger charge is -2.34. The predicted octanol–water partition coefficient (Wildman–Crippen LogP) is 3.05. The Morgan fingerprint density at radius 3 is 2.08 bits per heavy atom. The van der Waals surface area contributed by atoms with Gasteiger partial charge < -0.3 is 30.3 Å². The molecule has 11 heteroatoms. The number of carboxylic acids is 1. The van der Waals surface area contributed by atoms with Crippen molar-refractivity contribution in [3.63, 3.8) is 0 Å². The van der Waals surface area contributed by atoms with E-state index in [1.165, 1.54) is 4.90 Å². The van der Waals surface area contributed by atoms with Crippen molar-refractivity contribution >= 4 is 41.0 Å². The Labute approximate surface area is 231 Å². The van der Waals surface area contributed by atoms with Crippen molar-refractivity contribution < 1.29 is 34.4 Å². The minimum atomic E-state index is -1.52. The number of carboxylic acid groups (broad SMARTS) is 1. The molecule has 9 nitrogen and oxygen atoms in total. The molecule has 2 aromatic carbocycles. The fourth-order valence-corrected chi connectivity index (χ4v) is 4.99. The molecular weight excluding hydrogens is 535 g/mol. The van der Waals surface area contributed by atoms with Gasteiger partial charge in [0.05, 0.1) is 12.2 Å². The number of aliphatic hydroxyl groups excluding tert-OH is 2. The lowest BCUT2D eigenvalue weighted by atomic mass is 9.79. The quantitative estimate of drug-likeness (QED) is 0.307. The first-order valence-corrected chi connectivity index (χ1v) is 13.1. The van der Waals surface area contributed by atoms with Crippen LogP contribution in [-0.4, -0.2) is 69.3 Å². The molecule has 3 unspecified atom stereocenters. The smallest absolute Gasteiger partial charge is 0.326 e. The molecule has 0 spiro atoms. The van der Waals surface area contributed by atoms with Crippen molar-refractivity contribution in [2.75, 3.05) is 13.1 Å². The van der Waals surface area contributed by atoms with Crippen LogP contribution in [0.5, 0.6) is 5.75 Å². The molecule has 0 radical (unpaired) electrons. The van der Waals surface area contributed by atoms with Gasteiger partial charge in [0, 0.05) is 35.1 Å². The number of nitrogens with one attached hydrogen (secondary N) is 1. The van der Waals surface area contributed by atoms with Gasteiger partial charge in [0.2, 0.25) is 11.8 Å². The molecule has 206 valence electrons. The van der Waals surface area contributed by atoms with Crippen LogP contribution in [0.15, 0.2) is 42.5 Å². The van der Waals surface area contributed by atoms with Crippen molar-refractivity contribution in [3.8, 4) is 5.75 Å². The Hall–Kier alpha value is -2.85. The van der Waals surface area contributed by atoms with Crippen LogP contribution in [0, 0.1) is 5.41 Å². The number of carbonyl (C=O) groups excluding carboxylic acids is 2. The monoisotopic (exact) mass is 566 g/mol. The van der Waals surface area contributed by atoms with Crippen molar-refractivity contribution in [3.05, 3.63) is 63.6 Å². The van der Waals surface area contributed by atoms with Crippen molar-refractivity contribution in [1.82, 2.24) is 10.2 Å². The maximum Gasteiger partial charge on any atom is 0.326 e. The third-order valence-corrected chi connectivity index (χ3v) is 7.72. The lowest BCUT2D eigenvalue weighted by molar-refractivity contribution is -0.154. The Balaban J connectivity index is 1.68. The number of halogens is 2. The van der Waals surface area contributed by atoms with Crippen LogP contribution in [-0.2, 0) is 27.4 Å². The first-order valence-electron chi connectivity index (χ1n) is 12.4. The predicted molar refractivity (Wildman–Crippen MR) is 142 cm³/mol. The molecule has 1 aliphatic heterocycles. The molecule has 4 N–H and O–H groups in total. The van der Waals surface area contributed by atoms with Gasteiger partial charge in [0.1, 0.15) is 23.8 Å². The number of amides is 2. The van der Waals surface area contributed by atoms with Gasteiger partial charge in [-0.25, -0.2) is 4.79 Å². The SMILES string of the molecule is CCC(CC)(C(=O)NC(Cc1ccc(OCc2c(Cl)cccc2Cl)cc1)C(=O)O)C(=O)N1CC(O)C(O)C1. The van der Waals surface area contributed by atoms with E-state index in [4.69, 9.17) is 27.9 Å². The molecule has 38 heavy (non-hydrogen) atoms. The largest absolute Gasteiger partial charge is 0.489 e. The van der Waals surface area contributed by atoms with E-state index in [2.05, 4.69) is 5.32 Å². The third kappa shape index (κ3) is 6.58. The van der Waals surface area contributed by atoms with E-state index in [0.717, 1.165) is 0 Å². The Bertz CT molecular complexity index is 1120. The third-order valence-electron chi connectivity index (χ3n) is 7.01. The molecule has 2 aromatic rings. The Morgan fingerprint density at radius 1 is 1.03 bits per heavy atom. The molecule has 3 atom stereocenters. The van der Waals surface area contributed by atoms with Crippen LogP contribution >= 0.6 is 23.2 Å². The van der Waals surface area contributed by atoms with Crippen LogP contribution in [0.3, 0.4) is 0 Å². The van der Waals surface area contributed by atoms with Crippen LogP contribution in [0.1, 0.15) is 37.8 Å². The zero-order chi connectivity index (χ0) is 28.0. The van der Waals surface area contributed by atoms with Crippen LogP contribution in [0.25, 0.3) is 0 Å². The molecule has 2 amide bonds. The fraction of sp³-hybridized carbons (Fsp3) is 0.444. The summed E-state index contributed by atoms with van der Waals surface area (Å²) >= 11 is 12.3. The van der Waals surface area contributed by atoms with E-state index in [1.54, 1.807) is 56.3 Å². The second-order valence-corrected chi connectivity index (χ2v) is 10.1. The number of benzene rings is 2. The molecule has 1 fully saturated rings. The molecule has 0 bridgehead atoms. The average molecular weight is 567 g/mol. The van der Waals surface area contributed by atoms with Gasteiger partial charge in [0.15, 0.2) is 0 Å². The molecule has 0 aliphatic carbocycles. The molecule has 0 saturated carbocycles. The number of hydrogen-bond donors (Lipinski definition) is 4. The van der Waals surface area contributed by atoms with E-state index >= 15 is 0 Å². The van der Waals surface area contributed by atoms with Gasteiger partial charge in [0.25, 0.3) is 0 Å². The normalized spacial score (nSPS) is 18.2. The number of nitrogens with zero attached hydrogens (tertiary/aromatic N) is 1. The first-order chi connectivity index (χ1) is 18.0. The number of ether oxygens (including phenoxy) is 1. The van der Waals surface area contributed by atoms with E-state index < -0.39 is 41.4 Å². The molecular formula is C27H32Cl2N2O7. The molecule has 0 aromatic heterocycles. The number of β-amino-alcohol motifs (C(OH)–C–C–N with tert-alkyl or cyclic N) is 2. The first kappa shape index (κ1) is 29.7. The summed E-state index contributed by atoms with van der Waals surface area (Å²) in [5, 5.41) is 33.0. The summed E-state index contributed by atoms with van der Waals surface area (Å²) < 4.78 is 5.76. The minimum Gasteiger partial charge on any atom is -0.489 e. The van der Waals surface area contributed by atoms with Gasteiger partial charge in [-0.05, 0) is 42.7 Å². The van der Waals surface area contributed by atoms with Crippen LogP contribution < -0.4 is 10.1 Å². The average Bonchev–Trinajstić information content (AvgIpc) is 3.23. The van der Waals surface area contributed by atoms with Gasteiger partial charge in [-0.15, -0.1) is 0 Å². The highest BCUT2D eigenvalue weighted by Crippen LogP contribution is 2.32. The summed E-state index contributed by atoms with van der Waals surface area (Å²) in [7, 11) is 0. The summed E-state index contributed by atoms with van der Waals surface area (Å²) in [6.45, 7) is 3.33. The van der Waals surface area contributed by atoms with Crippen LogP contribution in [0.2, 0.25) is 10.0 Å². The van der Waals surface area contributed by atoms with Gasteiger partial charge in [-0.1, -0.05) is 55.2 Å². The number of aliphatic hydroxyl groups is 2. The highest BCUT2D eigenvalue weighted by atomic mass is 35.5. The highest BCUT2D eigenvalue weighted by molar-refractivity contribution is 6.35. The van der Waals surface area contributed by atoms with E-state index in [-0.39, 0.29) is 39.0 Å². The molecule has 1 aliphatic rings. The van der Waals surface area contributed by atoms with E-state index in [9.17, 15) is 29.7 Å². The number of rotatable bonds is 11. The number of carbonyl (C=O) groups is 3. The maximum atomic E-state index is 13.3. The van der Waals surface area contributed by atoms with Crippen LogP contribution in [0.4, 0.5) is 0 Å². The summed E-state index contributed by atoms with van der Waals surface area (Å²) in [5.41, 5.74) is -0.234. The summed E-state index contributed by atoms with van der Waals surface area (Å²) in [5.74, 6) is -1.96. The van der Waals surface area contributed by atoms with Gasteiger partial charge in [-0.2, -0.15) is 0 Å². The standard InChI is InChI=1S/C27H32Cl2N2O7/c1-3-27(4-2,26(37)31-13-22(32)23(33)14-31)25(36)30-21(24(34)35)12-16-8-10-17(11-9-16)38-15-18-19(28)6-5-7-20(18)29/h5-11,21-23,32-33H,3-4,12-15H2,1-2H3,(H,30,36)(H,34,35). The molecule has 1 saturated heterocycles. The summed E-state index contributed by atoms with van der Waals surface area (Å²) in [4.78, 5) is 39.9. The minimum absolute atomic E-state index is 0.0173. The van der Waals surface area contributed by atoms with Crippen molar-refractivity contribution in [2.45, 2.75) is 58.0 Å². The fourth-order valence-electron chi connectivity index (χ4n) is 4.49. The van der Waals surface area contributed by atoms with Gasteiger partial charge in [-0.3, -0.25) is 9.59 Å². The second kappa shape index (κ2) is 12.8. The molecule has 1 heterocycles. The number of aliphatic carboxylic acids is 1. The van der Waals surface area contributed by atoms with Gasteiger partial charge >= 0.3 is 5.97 Å².